The number of hydrogen-bond donors (Lipinski definition) is 0. The van der Waals surface area contributed by atoms with E-state index in [-0.39, 0.29) is 50.0 Å². The number of benzene rings is 14. The Bertz CT molecular complexity index is 6680. The molecule has 0 radical (unpaired) electrons. The fourth-order valence-electron chi connectivity index (χ4n) is 18.7. The van der Waals surface area contributed by atoms with Crippen molar-refractivity contribution < 1.29 is 0 Å². The van der Waals surface area contributed by atoms with Gasteiger partial charge in [0.15, 0.2) is 17.5 Å². The third kappa shape index (κ3) is 15.6. The van der Waals surface area contributed by atoms with Gasteiger partial charge < -0.3 is 14.4 Å². The molecule has 0 unspecified atom stereocenters. The third-order valence-electron chi connectivity index (χ3n) is 26.4. The van der Waals surface area contributed by atoms with Crippen molar-refractivity contribution in [2.75, 3.05) is 9.80 Å². The zero-order chi connectivity index (χ0) is 89.0. The first kappa shape index (κ1) is 84.4. The lowest BCUT2D eigenvalue weighted by Gasteiger charge is -2.46. The molecular weight excluding hydrogens is 1520 g/mol. The molecule has 14 aromatic carbocycles. The predicted octanol–water partition coefficient (Wildman–Crippen LogP) is 30.8. The van der Waals surface area contributed by atoms with E-state index in [1.54, 1.807) is 0 Å². The van der Waals surface area contributed by atoms with Crippen LogP contribution in [0.2, 0.25) is 0 Å². The van der Waals surface area contributed by atoms with Gasteiger partial charge in [-0.05, 0) is 216 Å². The molecule has 126 heavy (non-hydrogen) atoms. The van der Waals surface area contributed by atoms with Gasteiger partial charge >= 0.3 is 0 Å². The minimum Gasteiger partial charge on any atom is -0.310 e. The molecule has 0 saturated carbocycles. The summed E-state index contributed by atoms with van der Waals surface area (Å²) in [5, 5.41) is 2.43. The Labute approximate surface area is 750 Å². The Morgan fingerprint density at radius 1 is 0.214 bits per heavy atom. The number of hydrogen-bond acceptors (Lipinski definition) is 5. The summed E-state index contributed by atoms with van der Waals surface area (Å²) in [6.45, 7) is 56.1. The largest absolute Gasteiger partial charge is 0.310 e. The second-order valence-electron chi connectivity index (χ2n) is 43.9. The van der Waals surface area contributed by atoms with Crippen LogP contribution < -0.4 is 26.2 Å². The van der Waals surface area contributed by atoms with Gasteiger partial charge in [0, 0.05) is 66.9 Å². The van der Waals surface area contributed by atoms with Crippen molar-refractivity contribution in [3.05, 3.63) is 342 Å². The minimum absolute atomic E-state index is 0.145. The van der Waals surface area contributed by atoms with Crippen LogP contribution in [-0.4, -0.2) is 26.2 Å². The molecule has 630 valence electrons. The number of rotatable bonds is 11. The van der Waals surface area contributed by atoms with Gasteiger partial charge in [-0.25, -0.2) is 15.0 Å². The van der Waals surface area contributed by atoms with E-state index in [9.17, 15) is 0 Å². The SMILES string of the molecule is CC(C)(C)c1cc(-c2ccc3c(c2)N(c2c(-c4ccccc4)cc(C(C)(C)C)cc2-c2ccccc2)c2cc(-n4c5ccc(C(C)(C)C)cc5c5cc(C(C)(C)C)ccc54)cc4c2B3c2ccc(-c3cc(C(C)(C)C)cc(C(C)(C)C)c3)cc2N4c2c(-c3ccccc3)cc(C(C)(C)C)cc2-c2nc(-c3ccccc3)nc(-c3ccccc3)n2)cc(C(C)(C)C)c1. The molecule has 7 heteroatoms. The molecule has 0 saturated heterocycles. The summed E-state index contributed by atoms with van der Waals surface area (Å²) in [6.07, 6.45) is 0. The van der Waals surface area contributed by atoms with Crippen LogP contribution in [0, 0.1) is 0 Å². The molecule has 2 aliphatic heterocycles. The molecule has 6 nitrogen and oxygen atoms in total. The van der Waals surface area contributed by atoms with Gasteiger partial charge in [-0.3, -0.25) is 0 Å². The first-order valence-electron chi connectivity index (χ1n) is 45.4. The average Bonchev–Trinajstić information content (AvgIpc) is 0.882. The molecule has 0 N–H and O–H groups in total. The molecule has 18 rings (SSSR count). The van der Waals surface area contributed by atoms with Crippen LogP contribution in [0.5, 0.6) is 0 Å². The maximum absolute atomic E-state index is 5.88. The van der Waals surface area contributed by atoms with E-state index >= 15 is 0 Å². The number of nitrogens with zero attached hydrogens (tertiary/aromatic N) is 6. The zero-order valence-corrected chi connectivity index (χ0v) is 78.6. The Balaban J connectivity index is 1.10. The molecule has 16 aromatic rings. The molecule has 0 fully saturated rings. The zero-order valence-electron chi connectivity index (χ0n) is 78.6. The second kappa shape index (κ2) is 30.7. The Morgan fingerprint density at radius 2 is 0.500 bits per heavy atom. The van der Waals surface area contributed by atoms with Crippen LogP contribution in [0.4, 0.5) is 34.1 Å². The fourth-order valence-corrected chi connectivity index (χ4v) is 18.7. The summed E-state index contributed by atoms with van der Waals surface area (Å²) in [6, 6.07) is 114. The summed E-state index contributed by atoms with van der Waals surface area (Å²) in [5.74, 6) is 1.74. The highest BCUT2D eigenvalue weighted by atomic mass is 15.2. The number of anilines is 6. The first-order valence-corrected chi connectivity index (χ1v) is 45.4. The maximum Gasteiger partial charge on any atom is 0.252 e. The molecule has 0 amide bonds. The fraction of sp³-hybridized carbons (Fsp3) is 0.269. The van der Waals surface area contributed by atoms with Crippen LogP contribution in [0.3, 0.4) is 0 Å². The highest BCUT2D eigenvalue weighted by Crippen LogP contribution is 2.57. The smallest absolute Gasteiger partial charge is 0.252 e. The van der Waals surface area contributed by atoms with E-state index in [2.05, 4.69) is 478 Å². The summed E-state index contributed by atoms with van der Waals surface area (Å²) in [4.78, 5) is 22.7. The second-order valence-corrected chi connectivity index (χ2v) is 43.9. The van der Waals surface area contributed by atoms with Crippen LogP contribution in [-0.2, 0) is 43.3 Å². The van der Waals surface area contributed by atoms with Gasteiger partial charge in [-0.15, -0.1) is 0 Å². The van der Waals surface area contributed by atoms with Gasteiger partial charge in [0.1, 0.15) is 0 Å². The summed E-state index contributed by atoms with van der Waals surface area (Å²) < 4.78 is 2.62. The third-order valence-corrected chi connectivity index (χ3v) is 26.4. The van der Waals surface area contributed by atoms with Crippen molar-refractivity contribution in [2.24, 2.45) is 0 Å². The van der Waals surface area contributed by atoms with Gasteiger partial charge in [0.25, 0.3) is 6.71 Å². The lowest BCUT2D eigenvalue weighted by Crippen LogP contribution is -2.61. The van der Waals surface area contributed by atoms with Crippen molar-refractivity contribution in [3.8, 4) is 95.5 Å². The highest BCUT2D eigenvalue weighted by molar-refractivity contribution is 7.00. The van der Waals surface area contributed by atoms with E-state index in [0.717, 1.165) is 118 Å². The van der Waals surface area contributed by atoms with E-state index in [1.807, 2.05) is 0 Å². The molecule has 0 atom stereocenters. The van der Waals surface area contributed by atoms with Crippen LogP contribution >= 0.6 is 0 Å². The topological polar surface area (TPSA) is 50.1 Å². The van der Waals surface area contributed by atoms with Crippen molar-refractivity contribution >= 4 is 79.0 Å². The van der Waals surface area contributed by atoms with Gasteiger partial charge in [0.05, 0.1) is 28.1 Å². The summed E-state index contributed by atoms with van der Waals surface area (Å²) in [7, 11) is 0. The predicted molar refractivity (Wildman–Crippen MR) is 541 cm³/mol. The molecule has 0 aliphatic carbocycles. The Kier molecular flexibility index (Phi) is 20.6. The Morgan fingerprint density at radius 3 is 0.817 bits per heavy atom. The standard InChI is InChI=1S/C119H121BN6/c1-112(2,3)83-52-56-100-95(66-83)96-67-84(113(4,5)6)53-57-101(96)124(100)91-72-104-106-105(73-91)126(108-94(76-44-34-27-35-45-76)70-90(119(22,23)24)71-97(108)111-122-109(77-46-36-28-37-47-77)121-110(123-111)78-48-38-29-39-49-78)103-63-80(82-60-87(116(13,14)15)65-88(61-82)117(16,17)18)51-55-99(103)120(106)98-54-50-79(81-58-85(114(7,8)9)64-86(59-81)115(10,11)12)62-102(98)125(104)107-92(74-40-30-25-31-41-74)68-89(118(19,20)21)69-93(107)75-42-32-26-33-43-75/h25-73H,1-24H3. The Hall–Kier alpha value is -12.4. The molecule has 4 heterocycles. The minimum atomic E-state index is -0.370. The monoisotopic (exact) mass is 1640 g/mol. The van der Waals surface area contributed by atoms with Crippen LogP contribution in [0.25, 0.3) is 117 Å². The lowest BCUT2D eigenvalue weighted by molar-refractivity contribution is 0.568. The quantitative estimate of drug-likeness (QED) is 0.121. The lowest BCUT2D eigenvalue weighted by atomic mass is 9.33. The van der Waals surface area contributed by atoms with Gasteiger partial charge in [-0.2, -0.15) is 0 Å². The average molecular weight is 1650 g/mol. The van der Waals surface area contributed by atoms with E-state index in [0.29, 0.717) is 17.5 Å². The van der Waals surface area contributed by atoms with Crippen LogP contribution in [0.1, 0.15) is 211 Å². The van der Waals surface area contributed by atoms with E-state index < -0.39 is 0 Å². The van der Waals surface area contributed by atoms with Crippen molar-refractivity contribution in [1.29, 1.82) is 0 Å². The number of aromatic nitrogens is 4. The van der Waals surface area contributed by atoms with Crippen molar-refractivity contribution in [1.82, 2.24) is 19.5 Å². The molecule has 2 aromatic heterocycles. The maximum atomic E-state index is 5.88. The first-order chi connectivity index (χ1) is 59.5. The number of fused-ring (bicyclic) bond motifs is 7. The summed E-state index contributed by atoms with van der Waals surface area (Å²) in [5.41, 5.74) is 35.7. The molecule has 0 spiro atoms. The molecule has 2 aliphatic rings. The van der Waals surface area contributed by atoms with Gasteiger partial charge in [0.2, 0.25) is 0 Å². The highest BCUT2D eigenvalue weighted by Gasteiger charge is 2.47. The van der Waals surface area contributed by atoms with Crippen molar-refractivity contribution in [3.63, 3.8) is 0 Å². The van der Waals surface area contributed by atoms with E-state index in [4.69, 9.17) is 15.0 Å². The normalized spacial score (nSPS) is 13.3. The van der Waals surface area contributed by atoms with Gasteiger partial charge in [-0.1, -0.05) is 391 Å². The van der Waals surface area contributed by atoms with Crippen LogP contribution in [0.15, 0.2) is 297 Å². The molecule has 0 bridgehead atoms. The summed E-state index contributed by atoms with van der Waals surface area (Å²) >= 11 is 0. The van der Waals surface area contributed by atoms with Crippen molar-refractivity contribution in [2.45, 2.75) is 209 Å². The van der Waals surface area contributed by atoms with E-state index in [1.165, 1.54) is 77.2 Å². The molecular formula is C119H121BN6.